The SMILES string of the molecule is COc1ccc(Cl)c2sc(N(Cc3ccccn3)C(=O)C3CCCN3S(=O)(=O)c3ccc(Cl)cc3)nc12. The molecule has 0 aliphatic carbocycles. The molecule has 1 fully saturated rings. The third-order valence-electron chi connectivity index (χ3n) is 6.12. The van der Waals surface area contributed by atoms with E-state index in [0.717, 1.165) is 0 Å². The maximum atomic E-state index is 14.1. The van der Waals surface area contributed by atoms with E-state index >= 15 is 0 Å². The molecule has 1 amide bonds. The third kappa shape index (κ3) is 5.04. The molecule has 192 valence electrons. The second-order valence-electron chi connectivity index (χ2n) is 8.40. The van der Waals surface area contributed by atoms with E-state index in [2.05, 4.69) is 4.98 Å². The summed E-state index contributed by atoms with van der Waals surface area (Å²) >= 11 is 13.6. The first-order valence-corrected chi connectivity index (χ1v) is 14.4. The normalized spacial score (nSPS) is 16.2. The Bertz CT molecular complexity index is 1550. The minimum Gasteiger partial charge on any atom is -0.494 e. The highest BCUT2D eigenvalue weighted by Crippen LogP contribution is 2.40. The maximum Gasteiger partial charge on any atom is 0.247 e. The molecule has 5 rings (SSSR count). The monoisotopic (exact) mass is 576 g/mol. The number of ether oxygens (including phenoxy) is 1. The molecule has 1 aliphatic rings. The van der Waals surface area contributed by atoms with Crippen LogP contribution in [0.15, 0.2) is 65.7 Å². The van der Waals surface area contributed by atoms with E-state index in [9.17, 15) is 13.2 Å². The summed E-state index contributed by atoms with van der Waals surface area (Å²) in [5.74, 6) is 0.148. The Balaban J connectivity index is 1.55. The van der Waals surface area contributed by atoms with Crippen molar-refractivity contribution in [2.24, 2.45) is 0 Å². The van der Waals surface area contributed by atoms with Crippen molar-refractivity contribution >= 4 is 65.8 Å². The molecule has 4 aromatic rings. The predicted molar refractivity (Wildman–Crippen MR) is 145 cm³/mol. The molecule has 0 bridgehead atoms. The second kappa shape index (κ2) is 10.5. The number of nitrogens with zero attached hydrogens (tertiary/aromatic N) is 4. The molecule has 0 spiro atoms. The lowest BCUT2D eigenvalue weighted by atomic mass is 10.2. The molecule has 0 saturated carbocycles. The van der Waals surface area contributed by atoms with Crippen LogP contribution in [0.5, 0.6) is 5.75 Å². The first-order chi connectivity index (χ1) is 17.8. The van der Waals surface area contributed by atoms with Gasteiger partial charge in [0.2, 0.25) is 15.9 Å². The third-order valence-corrected chi connectivity index (χ3v) is 9.83. The first kappa shape index (κ1) is 25.9. The fourth-order valence-electron chi connectivity index (χ4n) is 4.31. The van der Waals surface area contributed by atoms with Crippen LogP contribution in [0.2, 0.25) is 10.0 Å². The van der Waals surface area contributed by atoms with E-state index in [1.54, 1.807) is 30.5 Å². The van der Waals surface area contributed by atoms with Gasteiger partial charge in [-0.05, 0) is 61.4 Å². The standard InChI is InChI=1S/C25H22Cl2N4O4S2/c1-35-21-12-11-19(27)23-22(21)29-25(36-23)30(15-17-5-2-3-13-28-17)24(32)20-6-4-14-31(20)37(33,34)18-9-7-16(26)8-10-18/h2-3,5,7-13,20H,4,6,14-15H2,1H3. The van der Waals surface area contributed by atoms with Crippen LogP contribution >= 0.6 is 34.5 Å². The van der Waals surface area contributed by atoms with Crippen molar-refractivity contribution in [1.82, 2.24) is 14.3 Å². The van der Waals surface area contributed by atoms with Crippen LogP contribution in [0.1, 0.15) is 18.5 Å². The summed E-state index contributed by atoms with van der Waals surface area (Å²) in [6.45, 7) is 0.350. The molecule has 1 saturated heterocycles. The molecule has 2 aromatic carbocycles. The number of methoxy groups -OCH3 is 1. The lowest BCUT2D eigenvalue weighted by molar-refractivity contribution is -0.121. The van der Waals surface area contributed by atoms with Crippen molar-refractivity contribution in [3.63, 3.8) is 0 Å². The molecule has 3 heterocycles. The van der Waals surface area contributed by atoms with Gasteiger partial charge in [0.05, 0.1) is 34.0 Å². The highest BCUT2D eigenvalue weighted by atomic mass is 35.5. The lowest BCUT2D eigenvalue weighted by Gasteiger charge is -2.28. The minimum absolute atomic E-state index is 0.0874. The number of aromatic nitrogens is 2. The zero-order valence-corrected chi connectivity index (χ0v) is 22.8. The summed E-state index contributed by atoms with van der Waals surface area (Å²) in [6, 6.07) is 13.9. The summed E-state index contributed by atoms with van der Waals surface area (Å²) in [7, 11) is -2.39. The van der Waals surface area contributed by atoms with E-state index in [4.69, 9.17) is 32.9 Å². The molecule has 2 aromatic heterocycles. The van der Waals surface area contributed by atoms with E-state index in [1.165, 1.54) is 51.9 Å². The molecule has 1 aliphatic heterocycles. The number of thiazole rings is 1. The van der Waals surface area contributed by atoms with Gasteiger partial charge in [-0.25, -0.2) is 13.4 Å². The Kier molecular flexibility index (Phi) is 7.37. The van der Waals surface area contributed by atoms with Crippen LogP contribution in [-0.4, -0.2) is 48.3 Å². The molecular formula is C25H22Cl2N4O4S2. The Morgan fingerprint density at radius 3 is 2.65 bits per heavy atom. The molecule has 0 N–H and O–H groups in total. The highest BCUT2D eigenvalue weighted by Gasteiger charge is 2.42. The Labute approximate surface area is 228 Å². The zero-order chi connectivity index (χ0) is 26.2. The average Bonchev–Trinajstić information content (AvgIpc) is 3.57. The van der Waals surface area contributed by atoms with Gasteiger partial charge in [-0.15, -0.1) is 0 Å². The molecule has 1 atom stereocenters. The lowest BCUT2D eigenvalue weighted by Crippen LogP contribution is -2.47. The van der Waals surface area contributed by atoms with Gasteiger partial charge in [0, 0.05) is 17.8 Å². The van der Waals surface area contributed by atoms with Gasteiger partial charge < -0.3 is 4.74 Å². The quantitative estimate of drug-likeness (QED) is 0.292. The number of rotatable bonds is 7. The van der Waals surface area contributed by atoms with Gasteiger partial charge in [-0.2, -0.15) is 4.31 Å². The van der Waals surface area contributed by atoms with E-state index < -0.39 is 16.1 Å². The molecule has 12 heteroatoms. The number of sulfonamides is 1. The van der Waals surface area contributed by atoms with Gasteiger partial charge in [-0.1, -0.05) is 40.6 Å². The Morgan fingerprint density at radius 2 is 1.95 bits per heavy atom. The topological polar surface area (TPSA) is 92.7 Å². The van der Waals surface area contributed by atoms with E-state index in [-0.39, 0.29) is 23.9 Å². The van der Waals surface area contributed by atoms with E-state index in [0.29, 0.717) is 49.7 Å². The van der Waals surface area contributed by atoms with Crippen LogP contribution < -0.4 is 9.64 Å². The van der Waals surface area contributed by atoms with Crippen molar-refractivity contribution < 1.29 is 17.9 Å². The van der Waals surface area contributed by atoms with E-state index in [1.807, 2.05) is 6.07 Å². The fourth-order valence-corrected chi connectivity index (χ4v) is 7.35. The molecule has 0 radical (unpaired) electrons. The number of halogens is 2. The number of hydrogen-bond donors (Lipinski definition) is 0. The van der Waals surface area contributed by atoms with Crippen LogP contribution in [0.25, 0.3) is 10.2 Å². The van der Waals surface area contributed by atoms with Crippen LogP contribution in [-0.2, 0) is 21.4 Å². The van der Waals surface area contributed by atoms with Crippen LogP contribution in [0.3, 0.4) is 0 Å². The number of carbonyl (C=O) groups is 1. The number of pyridine rings is 1. The van der Waals surface area contributed by atoms with Gasteiger partial charge in [0.25, 0.3) is 0 Å². The largest absolute Gasteiger partial charge is 0.494 e. The van der Waals surface area contributed by atoms with Crippen molar-refractivity contribution in [1.29, 1.82) is 0 Å². The summed E-state index contributed by atoms with van der Waals surface area (Å²) in [5, 5.41) is 1.30. The summed E-state index contributed by atoms with van der Waals surface area (Å²) in [4.78, 5) is 24.7. The molecular weight excluding hydrogens is 555 g/mol. The maximum absolute atomic E-state index is 14.1. The van der Waals surface area contributed by atoms with Gasteiger partial charge in [-0.3, -0.25) is 14.7 Å². The summed E-state index contributed by atoms with van der Waals surface area (Å²) in [5.41, 5.74) is 1.17. The fraction of sp³-hybridized carbons (Fsp3) is 0.240. The highest BCUT2D eigenvalue weighted by molar-refractivity contribution is 7.89. The number of carbonyl (C=O) groups excluding carboxylic acids is 1. The number of fused-ring (bicyclic) bond motifs is 1. The second-order valence-corrected chi connectivity index (χ2v) is 12.1. The summed E-state index contributed by atoms with van der Waals surface area (Å²) < 4.78 is 34.4. The molecule has 8 nitrogen and oxygen atoms in total. The van der Waals surface area contributed by atoms with Gasteiger partial charge in [0.1, 0.15) is 17.3 Å². The van der Waals surface area contributed by atoms with Crippen molar-refractivity contribution in [3.05, 3.63) is 76.5 Å². The smallest absolute Gasteiger partial charge is 0.247 e. The van der Waals surface area contributed by atoms with Crippen molar-refractivity contribution in [3.8, 4) is 5.75 Å². The molecule has 1 unspecified atom stereocenters. The van der Waals surface area contributed by atoms with Crippen LogP contribution in [0, 0.1) is 0 Å². The average molecular weight is 578 g/mol. The minimum atomic E-state index is -3.93. The zero-order valence-electron chi connectivity index (χ0n) is 19.7. The Morgan fingerprint density at radius 1 is 1.16 bits per heavy atom. The predicted octanol–water partition coefficient (Wildman–Crippen LogP) is 5.39. The van der Waals surface area contributed by atoms with Crippen LogP contribution in [0.4, 0.5) is 5.13 Å². The van der Waals surface area contributed by atoms with Gasteiger partial charge in [0.15, 0.2) is 5.13 Å². The summed E-state index contributed by atoms with van der Waals surface area (Å²) in [6.07, 6.45) is 2.59. The van der Waals surface area contributed by atoms with Crippen molar-refractivity contribution in [2.75, 3.05) is 18.6 Å². The first-order valence-electron chi connectivity index (χ1n) is 11.4. The molecule has 37 heavy (non-hydrogen) atoms. The number of hydrogen-bond acceptors (Lipinski definition) is 7. The number of benzene rings is 2. The van der Waals surface area contributed by atoms with Gasteiger partial charge >= 0.3 is 0 Å². The Hall–Kier alpha value is -2.76. The number of anilines is 1. The van der Waals surface area contributed by atoms with Crippen molar-refractivity contribution in [2.45, 2.75) is 30.3 Å². The number of amides is 1.